The van der Waals surface area contributed by atoms with Crippen LogP contribution in [0.2, 0.25) is 0 Å². The van der Waals surface area contributed by atoms with Gasteiger partial charge in [0.05, 0.1) is 20.8 Å². The molecule has 0 fully saturated rings. The van der Waals surface area contributed by atoms with Gasteiger partial charge in [0.25, 0.3) is 0 Å². The number of hydrogen-bond acceptors (Lipinski definition) is 4. The van der Waals surface area contributed by atoms with Crippen LogP contribution < -0.4 is 9.47 Å². The monoisotopic (exact) mass is 251 g/mol. The smallest absolute Gasteiger partial charge is 0.164 e. The van der Waals surface area contributed by atoms with Crippen molar-refractivity contribution in [2.45, 2.75) is 32.5 Å². The van der Waals surface area contributed by atoms with Crippen molar-refractivity contribution in [1.29, 1.82) is 0 Å². The third-order valence-corrected chi connectivity index (χ3v) is 3.81. The minimum absolute atomic E-state index is 0.0326. The van der Waals surface area contributed by atoms with Crippen molar-refractivity contribution in [3.8, 4) is 11.5 Å². The van der Waals surface area contributed by atoms with Gasteiger partial charge in [0.15, 0.2) is 11.5 Å². The lowest BCUT2D eigenvalue weighted by Crippen LogP contribution is -2.36. The summed E-state index contributed by atoms with van der Waals surface area (Å²) in [5.41, 5.74) is 3.28. The van der Waals surface area contributed by atoms with E-state index in [9.17, 15) is 5.11 Å². The minimum atomic E-state index is 0.0326. The normalized spacial score (nSPS) is 19.5. The molecule has 0 radical (unpaired) electrons. The van der Waals surface area contributed by atoms with Crippen LogP contribution in [0.4, 0.5) is 0 Å². The summed E-state index contributed by atoms with van der Waals surface area (Å²) < 4.78 is 10.8. The second kappa shape index (κ2) is 5.16. The Morgan fingerprint density at radius 2 is 2.06 bits per heavy atom. The number of ether oxygens (including phenoxy) is 2. The number of likely N-dealkylation sites (N-methyl/N-ethyl adjacent to an activating group) is 1. The standard InChI is InChI=1S/C14H21NO3/c1-9-5-11-12(7-15(9)2)10(8-16)6-13(17-3)14(11)18-4/h6,9,16H,5,7-8H2,1-4H3. The van der Waals surface area contributed by atoms with Gasteiger partial charge in [0.2, 0.25) is 0 Å². The Kier molecular flexibility index (Phi) is 3.78. The molecule has 1 unspecified atom stereocenters. The van der Waals surface area contributed by atoms with Gasteiger partial charge in [-0.3, -0.25) is 4.90 Å². The van der Waals surface area contributed by atoms with Crippen LogP contribution in [0.5, 0.6) is 11.5 Å². The third kappa shape index (κ3) is 2.06. The van der Waals surface area contributed by atoms with E-state index in [4.69, 9.17) is 9.47 Å². The van der Waals surface area contributed by atoms with Gasteiger partial charge < -0.3 is 14.6 Å². The maximum Gasteiger partial charge on any atom is 0.164 e. The molecule has 1 N–H and O–H groups in total. The number of fused-ring (bicyclic) bond motifs is 1. The quantitative estimate of drug-likeness (QED) is 0.885. The first-order valence-electron chi connectivity index (χ1n) is 6.19. The lowest BCUT2D eigenvalue weighted by atomic mass is 9.90. The van der Waals surface area contributed by atoms with Crippen molar-refractivity contribution >= 4 is 0 Å². The molecule has 1 atom stereocenters. The first-order chi connectivity index (χ1) is 8.62. The Morgan fingerprint density at radius 3 is 2.61 bits per heavy atom. The average molecular weight is 251 g/mol. The zero-order valence-corrected chi connectivity index (χ0v) is 11.5. The number of nitrogens with zero attached hydrogens (tertiary/aromatic N) is 1. The summed E-state index contributed by atoms with van der Waals surface area (Å²) >= 11 is 0. The Hall–Kier alpha value is -1.26. The highest BCUT2D eigenvalue weighted by Crippen LogP contribution is 2.39. The van der Waals surface area contributed by atoms with Crippen LogP contribution >= 0.6 is 0 Å². The molecule has 0 aliphatic carbocycles. The number of benzene rings is 1. The van der Waals surface area contributed by atoms with Gasteiger partial charge in [-0.2, -0.15) is 0 Å². The van der Waals surface area contributed by atoms with E-state index in [0.717, 1.165) is 24.3 Å². The van der Waals surface area contributed by atoms with Crippen LogP contribution in [0, 0.1) is 0 Å². The number of methoxy groups -OCH3 is 2. The van der Waals surface area contributed by atoms with Gasteiger partial charge >= 0.3 is 0 Å². The van der Waals surface area contributed by atoms with Crippen LogP contribution in [0.15, 0.2) is 6.07 Å². The SMILES string of the molecule is COc1cc(CO)c2c(c1OC)CC(C)N(C)C2. The van der Waals surface area contributed by atoms with E-state index >= 15 is 0 Å². The molecule has 1 heterocycles. The van der Waals surface area contributed by atoms with E-state index in [1.807, 2.05) is 6.07 Å². The fourth-order valence-corrected chi connectivity index (χ4v) is 2.58. The summed E-state index contributed by atoms with van der Waals surface area (Å²) in [5, 5.41) is 9.51. The van der Waals surface area contributed by atoms with Gasteiger partial charge in [0, 0.05) is 18.2 Å². The summed E-state index contributed by atoms with van der Waals surface area (Å²) in [6.45, 7) is 3.07. The highest BCUT2D eigenvalue weighted by molar-refractivity contribution is 5.55. The molecule has 1 aromatic carbocycles. The van der Waals surface area contributed by atoms with Crippen molar-refractivity contribution in [2.24, 2.45) is 0 Å². The lowest BCUT2D eigenvalue weighted by Gasteiger charge is -2.34. The third-order valence-electron chi connectivity index (χ3n) is 3.81. The van der Waals surface area contributed by atoms with Crippen LogP contribution in [0.25, 0.3) is 0 Å². The van der Waals surface area contributed by atoms with Gasteiger partial charge in [-0.15, -0.1) is 0 Å². The number of hydrogen-bond donors (Lipinski definition) is 1. The van der Waals surface area contributed by atoms with Crippen molar-refractivity contribution in [3.63, 3.8) is 0 Å². The molecule has 2 rings (SSSR count). The van der Waals surface area contributed by atoms with Crippen LogP contribution in [-0.2, 0) is 19.6 Å². The Morgan fingerprint density at radius 1 is 1.33 bits per heavy atom. The fraction of sp³-hybridized carbons (Fsp3) is 0.571. The Bertz CT molecular complexity index is 445. The predicted octanol–water partition coefficient (Wildman–Crippen LogP) is 1.57. The molecular formula is C14H21NO3. The number of aliphatic hydroxyl groups excluding tert-OH is 1. The molecule has 1 aliphatic heterocycles. The minimum Gasteiger partial charge on any atom is -0.493 e. The van der Waals surface area contributed by atoms with E-state index in [-0.39, 0.29) is 6.61 Å². The molecule has 18 heavy (non-hydrogen) atoms. The van der Waals surface area contributed by atoms with Crippen molar-refractivity contribution in [1.82, 2.24) is 4.90 Å². The maximum absolute atomic E-state index is 9.51. The molecule has 0 saturated heterocycles. The van der Waals surface area contributed by atoms with Crippen LogP contribution in [0.3, 0.4) is 0 Å². The molecule has 0 aromatic heterocycles. The summed E-state index contributed by atoms with van der Waals surface area (Å²) in [5.74, 6) is 1.52. The first-order valence-corrected chi connectivity index (χ1v) is 6.19. The second-order valence-corrected chi connectivity index (χ2v) is 4.85. The molecular weight excluding hydrogens is 230 g/mol. The Balaban J connectivity index is 2.60. The maximum atomic E-state index is 9.51. The number of aliphatic hydroxyl groups is 1. The first kappa shape index (κ1) is 13.2. The molecule has 0 amide bonds. The van der Waals surface area contributed by atoms with Crippen LogP contribution in [-0.4, -0.2) is 37.3 Å². The van der Waals surface area contributed by atoms with Crippen molar-refractivity contribution in [2.75, 3.05) is 21.3 Å². The topological polar surface area (TPSA) is 41.9 Å². The molecule has 4 heteroatoms. The second-order valence-electron chi connectivity index (χ2n) is 4.85. The van der Waals surface area contributed by atoms with E-state index in [1.165, 1.54) is 11.1 Å². The van der Waals surface area contributed by atoms with E-state index in [2.05, 4.69) is 18.9 Å². The van der Waals surface area contributed by atoms with Crippen molar-refractivity contribution < 1.29 is 14.6 Å². The zero-order chi connectivity index (χ0) is 13.3. The Labute approximate surface area is 108 Å². The highest BCUT2D eigenvalue weighted by Gasteiger charge is 2.27. The van der Waals surface area contributed by atoms with E-state index in [1.54, 1.807) is 14.2 Å². The molecule has 0 bridgehead atoms. The van der Waals surface area contributed by atoms with Gasteiger partial charge in [-0.25, -0.2) is 0 Å². The lowest BCUT2D eigenvalue weighted by molar-refractivity contribution is 0.219. The fourth-order valence-electron chi connectivity index (χ4n) is 2.58. The van der Waals surface area contributed by atoms with Crippen LogP contribution in [0.1, 0.15) is 23.6 Å². The molecule has 0 spiro atoms. The zero-order valence-electron chi connectivity index (χ0n) is 11.5. The highest BCUT2D eigenvalue weighted by atomic mass is 16.5. The summed E-state index contributed by atoms with van der Waals surface area (Å²) in [4.78, 5) is 2.29. The van der Waals surface area contributed by atoms with E-state index in [0.29, 0.717) is 11.8 Å². The molecule has 1 aromatic rings. The molecule has 100 valence electrons. The van der Waals surface area contributed by atoms with Crippen molar-refractivity contribution in [3.05, 3.63) is 22.8 Å². The van der Waals surface area contributed by atoms with E-state index < -0.39 is 0 Å². The molecule has 0 saturated carbocycles. The largest absolute Gasteiger partial charge is 0.493 e. The summed E-state index contributed by atoms with van der Waals surface area (Å²) in [7, 11) is 5.40. The van der Waals surface area contributed by atoms with Gasteiger partial charge in [-0.05, 0) is 37.6 Å². The van der Waals surface area contributed by atoms with Gasteiger partial charge in [0.1, 0.15) is 0 Å². The molecule has 4 nitrogen and oxygen atoms in total. The summed E-state index contributed by atoms with van der Waals surface area (Å²) in [6, 6.07) is 2.34. The predicted molar refractivity (Wildman–Crippen MR) is 70.1 cm³/mol. The molecule has 1 aliphatic rings. The summed E-state index contributed by atoms with van der Waals surface area (Å²) in [6.07, 6.45) is 0.916. The number of rotatable bonds is 3. The average Bonchev–Trinajstić information content (AvgIpc) is 2.38. The van der Waals surface area contributed by atoms with Gasteiger partial charge in [-0.1, -0.05) is 0 Å².